The Morgan fingerprint density at radius 2 is 1.63 bits per heavy atom. The number of likely N-dealkylation sites (tertiary alicyclic amines) is 1. The van der Waals surface area contributed by atoms with Crippen molar-refractivity contribution in [2.45, 2.75) is 108 Å². The molecule has 2 aliphatic heterocycles. The number of unbranched alkanes of at least 4 members (excludes halogenated alkanes) is 1. The van der Waals surface area contributed by atoms with Gasteiger partial charge in [-0.05, 0) is 60.9 Å². The summed E-state index contributed by atoms with van der Waals surface area (Å²) in [6.07, 6.45) is 9.44. The number of piperazine rings is 1. The summed E-state index contributed by atoms with van der Waals surface area (Å²) in [4.78, 5) is 43.3. The number of hydrogen-bond donors (Lipinski definition) is 3. The monoisotopic (exact) mass is 655 g/mol. The van der Waals surface area contributed by atoms with Crippen molar-refractivity contribution in [2.75, 3.05) is 26.7 Å². The van der Waals surface area contributed by atoms with Gasteiger partial charge < -0.3 is 25.2 Å². The van der Waals surface area contributed by atoms with E-state index in [1.54, 1.807) is 25.3 Å². The van der Waals surface area contributed by atoms with E-state index in [2.05, 4.69) is 41.4 Å². The molecule has 2 heterocycles. The number of methoxy groups -OCH3 is 1. The minimum Gasteiger partial charge on any atom is -0.496 e. The number of carbonyl (C=O) groups is 3. The Labute approximate surface area is 279 Å². The van der Waals surface area contributed by atoms with Crippen LogP contribution in [0.15, 0.2) is 42.5 Å². The third-order valence-corrected chi connectivity index (χ3v) is 10.2. The van der Waals surface area contributed by atoms with Crippen molar-refractivity contribution in [1.82, 2.24) is 15.1 Å². The summed E-state index contributed by atoms with van der Waals surface area (Å²) >= 11 is 0. The van der Waals surface area contributed by atoms with E-state index in [-0.39, 0.29) is 29.8 Å². The van der Waals surface area contributed by atoms with Gasteiger partial charge in [0.05, 0.1) is 18.3 Å². The number of benzene rings is 2. The van der Waals surface area contributed by atoms with Crippen molar-refractivity contribution in [1.29, 1.82) is 0 Å². The van der Waals surface area contributed by atoms with E-state index < -0.39 is 23.2 Å². The third kappa shape index (κ3) is 8.04. The van der Waals surface area contributed by atoms with Crippen LogP contribution in [-0.2, 0) is 22.6 Å². The molecule has 10 heteroatoms. The van der Waals surface area contributed by atoms with Gasteiger partial charge in [0.1, 0.15) is 17.3 Å². The predicted molar refractivity (Wildman–Crippen MR) is 180 cm³/mol. The fraction of sp³-hybridized carbons (Fsp3) is 0.583. The molecule has 0 unspecified atom stereocenters. The molecule has 0 bridgehead atoms. The third-order valence-electron chi connectivity index (χ3n) is 10.2. The van der Waals surface area contributed by atoms with E-state index in [1.807, 2.05) is 4.90 Å². The predicted octanol–water partition coefficient (Wildman–Crippen LogP) is 5.34. The van der Waals surface area contributed by atoms with Crippen LogP contribution < -0.4 is 10.1 Å². The van der Waals surface area contributed by atoms with Crippen LogP contribution in [0.4, 0.5) is 0 Å². The Balaban J connectivity index is 0.00000480. The summed E-state index contributed by atoms with van der Waals surface area (Å²) in [6.45, 7) is 4.86. The molecule has 2 saturated heterocycles. The molecule has 2 aromatic rings. The molecule has 3 fully saturated rings. The molecular formula is C36H50ClN3O6. The highest BCUT2D eigenvalue weighted by atomic mass is 35.5. The Hall–Kier alpha value is -3.14. The van der Waals surface area contributed by atoms with Crippen molar-refractivity contribution < 1.29 is 29.3 Å². The van der Waals surface area contributed by atoms with Crippen molar-refractivity contribution in [3.63, 3.8) is 0 Å². The van der Waals surface area contributed by atoms with Gasteiger partial charge >= 0.3 is 5.97 Å². The topological polar surface area (TPSA) is 119 Å². The minimum absolute atomic E-state index is 0. The molecule has 5 rings (SSSR count). The van der Waals surface area contributed by atoms with Gasteiger partial charge in [-0.1, -0.05) is 69.4 Å². The van der Waals surface area contributed by atoms with Crippen LogP contribution in [0.25, 0.3) is 0 Å². The van der Waals surface area contributed by atoms with Crippen LogP contribution in [-0.4, -0.2) is 81.7 Å². The lowest BCUT2D eigenvalue weighted by molar-refractivity contribution is -0.163. The van der Waals surface area contributed by atoms with Crippen molar-refractivity contribution in [2.24, 2.45) is 0 Å². The zero-order chi connectivity index (χ0) is 32.0. The lowest BCUT2D eigenvalue weighted by atomic mass is 9.79. The first-order valence-corrected chi connectivity index (χ1v) is 16.7. The zero-order valence-electron chi connectivity index (χ0n) is 27.3. The number of piperidine rings is 1. The molecule has 2 amide bonds. The number of nitrogens with zero attached hydrogens (tertiary/aromatic N) is 2. The molecular weight excluding hydrogens is 606 g/mol. The minimum atomic E-state index is -0.981. The van der Waals surface area contributed by atoms with Gasteiger partial charge in [0.2, 0.25) is 11.8 Å². The first kappa shape index (κ1) is 35.7. The number of halogens is 1. The van der Waals surface area contributed by atoms with Crippen molar-refractivity contribution in [3.05, 3.63) is 64.7 Å². The fourth-order valence-electron chi connectivity index (χ4n) is 7.47. The van der Waals surface area contributed by atoms with Crippen molar-refractivity contribution in [3.8, 4) is 5.75 Å². The number of carboxylic acids is 1. The summed E-state index contributed by atoms with van der Waals surface area (Å²) in [6, 6.07) is 12.7. The normalized spacial score (nSPS) is 21.3. The van der Waals surface area contributed by atoms with E-state index >= 15 is 0 Å². The molecule has 1 aliphatic carbocycles. The number of ether oxygens (including phenoxy) is 1. The average molecular weight is 656 g/mol. The van der Waals surface area contributed by atoms with Crippen LogP contribution in [0.3, 0.4) is 0 Å². The molecule has 46 heavy (non-hydrogen) atoms. The van der Waals surface area contributed by atoms with Gasteiger partial charge in [-0.15, -0.1) is 12.4 Å². The number of aromatic carboxylic acids is 1. The largest absolute Gasteiger partial charge is 0.496 e. The van der Waals surface area contributed by atoms with E-state index in [1.165, 1.54) is 5.56 Å². The Kier molecular flexibility index (Phi) is 12.1. The molecule has 2 aromatic carbocycles. The lowest BCUT2D eigenvalue weighted by Crippen LogP contribution is -2.73. The first-order chi connectivity index (χ1) is 21.7. The number of carboxylic acid groups (broad SMARTS) is 1. The standard InChI is InChI=1S/C36H49N3O6.ClH/c1-3-4-19-39-32(40)30(24-35(44)15-7-5-6-8-16-35)37-34(43)36(39)17-20-38(21-18-36)25-27-11-9-26(10-12-27)22-28-13-14-29(33(41)42)23-31(28)45-2;/h9-14,23,30,44H,3-8,15-22,24-25H2,1-2H3,(H,37,43)(H,41,42);1H/t30-;/m1./s1. The number of carbonyl (C=O) groups excluding carboxylic acids is 2. The van der Waals surface area contributed by atoms with Gasteiger partial charge in [0.15, 0.2) is 0 Å². The second-order valence-electron chi connectivity index (χ2n) is 13.3. The average Bonchev–Trinajstić information content (AvgIpc) is 3.26. The summed E-state index contributed by atoms with van der Waals surface area (Å²) in [7, 11) is 1.55. The molecule has 3 aliphatic rings. The maximum atomic E-state index is 13.9. The van der Waals surface area contributed by atoms with Crippen LogP contribution >= 0.6 is 12.4 Å². The summed E-state index contributed by atoms with van der Waals surface area (Å²) in [5.41, 5.74) is 1.68. The number of rotatable bonds is 11. The van der Waals surface area contributed by atoms with E-state index in [0.717, 1.165) is 56.2 Å². The number of hydrogen-bond acceptors (Lipinski definition) is 6. The van der Waals surface area contributed by atoms with Crippen LogP contribution in [0.2, 0.25) is 0 Å². The van der Waals surface area contributed by atoms with Gasteiger partial charge in [-0.25, -0.2) is 4.79 Å². The van der Waals surface area contributed by atoms with Gasteiger partial charge in [0, 0.05) is 39.0 Å². The smallest absolute Gasteiger partial charge is 0.335 e. The molecule has 252 valence electrons. The fourth-order valence-corrected chi connectivity index (χ4v) is 7.47. The highest BCUT2D eigenvalue weighted by Crippen LogP contribution is 2.37. The maximum absolute atomic E-state index is 13.9. The summed E-state index contributed by atoms with van der Waals surface area (Å²) < 4.78 is 5.44. The molecule has 0 aromatic heterocycles. The molecule has 1 atom stereocenters. The summed E-state index contributed by atoms with van der Waals surface area (Å²) in [5.74, 6) is -0.507. The van der Waals surface area contributed by atoms with Crippen LogP contribution in [0.1, 0.15) is 105 Å². The van der Waals surface area contributed by atoms with E-state index in [4.69, 9.17) is 4.74 Å². The SMILES string of the molecule is CCCCN1C(=O)[C@@H](CC2(O)CCCCCC2)NC(=O)C12CCN(Cc1ccc(Cc3ccc(C(=O)O)cc3OC)cc1)CC2.Cl. The van der Waals surface area contributed by atoms with E-state index in [9.17, 15) is 24.6 Å². The molecule has 1 spiro atoms. The highest BCUT2D eigenvalue weighted by Gasteiger charge is 2.54. The maximum Gasteiger partial charge on any atom is 0.335 e. The zero-order valence-corrected chi connectivity index (χ0v) is 28.1. The molecule has 9 nitrogen and oxygen atoms in total. The van der Waals surface area contributed by atoms with Crippen molar-refractivity contribution >= 4 is 30.2 Å². The molecule has 0 radical (unpaired) electrons. The Bertz CT molecular complexity index is 1350. The first-order valence-electron chi connectivity index (χ1n) is 16.7. The van der Waals surface area contributed by atoms with Gasteiger partial charge in [-0.3, -0.25) is 14.5 Å². The summed E-state index contributed by atoms with van der Waals surface area (Å²) in [5, 5.41) is 23.7. The number of nitrogens with one attached hydrogen (secondary N) is 1. The van der Waals surface area contributed by atoms with Gasteiger partial charge in [-0.2, -0.15) is 0 Å². The van der Waals surface area contributed by atoms with E-state index in [0.29, 0.717) is 63.9 Å². The van der Waals surface area contributed by atoms with Crippen LogP contribution in [0, 0.1) is 0 Å². The second-order valence-corrected chi connectivity index (χ2v) is 13.3. The second kappa shape index (κ2) is 15.6. The quantitative estimate of drug-likeness (QED) is 0.280. The highest BCUT2D eigenvalue weighted by molar-refractivity contribution is 6.00. The van der Waals surface area contributed by atoms with Crippen LogP contribution in [0.5, 0.6) is 5.75 Å². The number of amides is 2. The van der Waals surface area contributed by atoms with Gasteiger partial charge in [0.25, 0.3) is 0 Å². The molecule has 3 N–H and O–H groups in total. The number of aliphatic hydroxyl groups is 1. The lowest BCUT2D eigenvalue weighted by Gasteiger charge is -2.52. The Morgan fingerprint density at radius 3 is 2.24 bits per heavy atom. The molecule has 1 saturated carbocycles. The Morgan fingerprint density at radius 1 is 0.978 bits per heavy atom.